The second kappa shape index (κ2) is 6.78. The lowest BCUT2D eigenvalue weighted by molar-refractivity contribution is -0.142. The molecule has 3 nitrogen and oxygen atoms in total. The first-order valence-corrected chi connectivity index (χ1v) is 7.58. The molecule has 1 saturated carbocycles. The first-order chi connectivity index (χ1) is 9.59. The van der Waals surface area contributed by atoms with Crippen molar-refractivity contribution in [3.63, 3.8) is 0 Å². The molecule has 110 valence electrons. The van der Waals surface area contributed by atoms with Crippen LogP contribution in [0, 0.1) is 5.92 Å². The fourth-order valence-electron chi connectivity index (χ4n) is 3.12. The minimum absolute atomic E-state index is 0.0740. The Morgan fingerprint density at radius 1 is 1.20 bits per heavy atom. The highest BCUT2D eigenvalue weighted by molar-refractivity contribution is 5.71. The highest BCUT2D eigenvalue weighted by Gasteiger charge is 2.32. The number of ether oxygens (including phenoxy) is 1. The molecule has 0 heterocycles. The highest BCUT2D eigenvalue weighted by Crippen LogP contribution is 2.40. The van der Waals surface area contributed by atoms with Crippen LogP contribution < -0.4 is 4.74 Å². The summed E-state index contributed by atoms with van der Waals surface area (Å²) in [6.07, 6.45) is 5.06. The van der Waals surface area contributed by atoms with E-state index >= 15 is 0 Å². The van der Waals surface area contributed by atoms with Crippen molar-refractivity contribution in [2.75, 3.05) is 0 Å². The van der Waals surface area contributed by atoms with E-state index in [0.717, 1.165) is 43.4 Å². The van der Waals surface area contributed by atoms with Gasteiger partial charge >= 0.3 is 5.97 Å². The van der Waals surface area contributed by atoms with Crippen molar-refractivity contribution in [2.24, 2.45) is 5.92 Å². The molecule has 0 saturated heterocycles. The minimum Gasteiger partial charge on any atom is -0.491 e. The number of benzene rings is 1. The fourth-order valence-corrected chi connectivity index (χ4v) is 3.12. The zero-order chi connectivity index (χ0) is 14.5. The second-order valence-corrected chi connectivity index (χ2v) is 5.89. The Morgan fingerprint density at radius 2 is 1.90 bits per heavy atom. The van der Waals surface area contributed by atoms with Gasteiger partial charge in [-0.25, -0.2) is 0 Å². The van der Waals surface area contributed by atoms with Gasteiger partial charge < -0.3 is 9.84 Å². The van der Waals surface area contributed by atoms with Gasteiger partial charge in [0.25, 0.3) is 0 Å². The van der Waals surface area contributed by atoms with Gasteiger partial charge in [-0.15, -0.1) is 0 Å². The van der Waals surface area contributed by atoms with E-state index in [4.69, 9.17) is 4.74 Å². The standard InChI is InChI=1S/C17H24O3/c1-12(2)20-16-11-7-6-9-14(16)13-8-4-3-5-10-15(13)17(18)19/h6-7,9,11-13,15H,3-5,8,10H2,1-2H3,(H,18,19). The molecule has 0 radical (unpaired) electrons. The number of rotatable bonds is 4. The minimum atomic E-state index is -0.670. The number of carboxylic acid groups (broad SMARTS) is 1. The van der Waals surface area contributed by atoms with Gasteiger partial charge in [-0.3, -0.25) is 4.79 Å². The molecule has 1 N–H and O–H groups in total. The van der Waals surface area contributed by atoms with E-state index in [0.29, 0.717) is 0 Å². The quantitative estimate of drug-likeness (QED) is 0.837. The summed E-state index contributed by atoms with van der Waals surface area (Å²) in [5, 5.41) is 9.53. The third kappa shape index (κ3) is 3.53. The molecule has 0 aliphatic heterocycles. The fraction of sp³-hybridized carbons (Fsp3) is 0.588. The first-order valence-electron chi connectivity index (χ1n) is 7.58. The molecule has 1 aliphatic rings. The zero-order valence-electron chi connectivity index (χ0n) is 12.3. The molecule has 2 unspecified atom stereocenters. The molecule has 1 aromatic carbocycles. The average molecular weight is 276 g/mol. The van der Waals surface area contributed by atoms with Crippen LogP contribution in [0.3, 0.4) is 0 Å². The van der Waals surface area contributed by atoms with Crippen molar-refractivity contribution in [3.05, 3.63) is 29.8 Å². The van der Waals surface area contributed by atoms with E-state index in [1.807, 2.05) is 38.1 Å². The summed E-state index contributed by atoms with van der Waals surface area (Å²) < 4.78 is 5.87. The van der Waals surface area contributed by atoms with Crippen LogP contribution >= 0.6 is 0 Å². The van der Waals surface area contributed by atoms with Crippen molar-refractivity contribution >= 4 is 5.97 Å². The van der Waals surface area contributed by atoms with Gasteiger partial charge in [0.15, 0.2) is 0 Å². The lowest BCUT2D eigenvalue weighted by atomic mass is 9.82. The Kier molecular flexibility index (Phi) is 5.05. The molecule has 0 amide bonds. The average Bonchev–Trinajstić information content (AvgIpc) is 2.64. The molecule has 0 spiro atoms. The van der Waals surface area contributed by atoms with Gasteiger partial charge in [0.2, 0.25) is 0 Å². The van der Waals surface area contributed by atoms with Gasteiger partial charge in [-0.1, -0.05) is 37.5 Å². The van der Waals surface area contributed by atoms with E-state index in [9.17, 15) is 9.90 Å². The number of carboxylic acids is 1. The number of aliphatic carboxylic acids is 1. The Bertz CT molecular complexity index is 453. The Labute approximate surface area is 121 Å². The Hall–Kier alpha value is -1.51. The summed E-state index contributed by atoms with van der Waals surface area (Å²) in [6, 6.07) is 7.92. The summed E-state index contributed by atoms with van der Waals surface area (Å²) in [5.41, 5.74) is 1.07. The van der Waals surface area contributed by atoms with Gasteiger partial charge in [0.05, 0.1) is 12.0 Å². The smallest absolute Gasteiger partial charge is 0.307 e. The number of hydrogen-bond donors (Lipinski definition) is 1. The lowest BCUT2D eigenvalue weighted by Crippen LogP contribution is -2.22. The van der Waals surface area contributed by atoms with E-state index in [2.05, 4.69) is 0 Å². The Morgan fingerprint density at radius 3 is 2.60 bits per heavy atom. The second-order valence-electron chi connectivity index (χ2n) is 5.89. The number of para-hydroxylation sites is 1. The van der Waals surface area contributed by atoms with Crippen molar-refractivity contribution in [3.8, 4) is 5.75 Å². The molecular formula is C17H24O3. The Balaban J connectivity index is 2.33. The van der Waals surface area contributed by atoms with E-state index in [-0.39, 0.29) is 17.9 Å². The SMILES string of the molecule is CC(C)Oc1ccccc1C1CCCCCC1C(=O)O. The van der Waals surface area contributed by atoms with E-state index in [1.54, 1.807) is 0 Å². The lowest BCUT2D eigenvalue weighted by Gasteiger charge is -2.25. The molecular weight excluding hydrogens is 252 g/mol. The molecule has 1 fully saturated rings. The van der Waals surface area contributed by atoms with Gasteiger partial charge in [0, 0.05) is 5.92 Å². The van der Waals surface area contributed by atoms with Crippen molar-refractivity contribution in [2.45, 2.75) is 58.0 Å². The zero-order valence-corrected chi connectivity index (χ0v) is 12.3. The monoisotopic (exact) mass is 276 g/mol. The summed E-state index contributed by atoms with van der Waals surface area (Å²) in [4.78, 5) is 11.6. The maximum Gasteiger partial charge on any atom is 0.307 e. The van der Waals surface area contributed by atoms with Gasteiger partial charge in [-0.2, -0.15) is 0 Å². The van der Waals surface area contributed by atoms with Crippen LogP contribution in [0.2, 0.25) is 0 Å². The van der Waals surface area contributed by atoms with Crippen molar-refractivity contribution < 1.29 is 14.6 Å². The molecule has 0 bridgehead atoms. The van der Waals surface area contributed by atoms with E-state index in [1.165, 1.54) is 0 Å². The van der Waals surface area contributed by atoms with Crippen LogP contribution in [-0.2, 0) is 4.79 Å². The molecule has 1 aliphatic carbocycles. The van der Waals surface area contributed by atoms with Gasteiger partial charge in [0.1, 0.15) is 5.75 Å². The molecule has 20 heavy (non-hydrogen) atoms. The summed E-state index contributed by atoms with van der Waals surface area (Å²) in [7, 11) is 0. The third-order valence-electron chi connectivity index (χ3n) is 4.01. The largest absolute Gasteiger partial charge is 0.491 e. The predicted molar refractivity (Wildman–Crippen MR) is 79.2 cm³/mol. The topological polar surface area (TPSA) is 46.5 Å². The van der Waals surface area contributed by atoms with Crippen LogP contribution in [0.4, 0.5) is 0 Å². The summed E-state index contributed by atoms with van der Waals surface area (Å²) in [6.45, 7) is 4.00. The molecule has 2 atom stereocenters. The summed E-state index contributed by atoms with van der Waals surface area (Å²) >= 11 is 0. The van der Waals surface area contributed by atoms with Crippen molar-refractivity contribution in [1.82, 2.24) is 0 Å². The third-order valence-corrected chi connectivity index (χ3v) is 4.01. The van der Waals surface area contributed by atoms with Crippen LogP contribution in [-0.4, -0.2) is 17.2 Å². The van der Waals surface area contributed by atoms with Crippen LogP contribution in [0.15, 0.2) is 24.3 Å². The molecule has 0 aromatic heterocycles. The van der Waals surface area contributed by atoms with Crippen LogP contribution in [0.1, 0.15) is 57.4 Å². The van der Waals surface area contributed by atoms with Gasteiger partial charge in [-0.05, 0) is 38.3 Å². The highest BCUT2D eigenvalue weighted by atomic mass is 16.5. The maximum absolute atomic E-state index is 11.6. The first kappa shape index (κ1) is 14.9. The number of hydrogen-bond acceptors (Lipinski definition) is 2. The van der Waals surface area contributed by atoms with Crippen LogP contribution in [0.5, 0.6) is 5.75 Å². The van der Waals surface area contributed by atoms with Crippen LogP contribution in [0.25, 0.3) is 0 Å². The molecule has 1 aromatic rings. The molecule has 3 heteroatoms. The number of carbonyl (C=O) groups is 1. The normalized spacial score (nSPS) is 23.4. The predicted octanol–water partition coefficient (Wildman–Crippen LogP) is 4.22. The van der Waals surface area contributed by atoms with Crippen molar-refractivity contribution in [1.29, 1.82) is 0 Å². The molecule has 2 rings (SSSR count). The maximum atomic E-state index is 11.6. The van der Waals surface area contributed by atoms with E-state index < -0.39 is 5.97 Å². The summed E-state index contributed by atoms with van der Waals surface area (Å²) in [5.74, 6) is -0.0312.